The summed E-state index contributed by atoms with van der Waals surface area (Å²) < 4.78 is 11.4. The van der Waals surface area contributed by atoms with Gasteiger partial charge in [0.15, 0.2) is 5.79 Å². The van der Waals surface area contributed by atoms with E-state index >= 15 is 0 Å². The summed E-state index contributed by atoms with van der Waals surface area (Å²) in [6.45, 7) is 4.60. The lowest BCUT2D eigenvalue weighted by atomic mass is 10.0. The number of rotatable bonds is 4. The molecule has 0 bridgehead atoms. The molecule has 0 saturated carbocycles. The fourth-order valence-electron chi connectivity index (χ4n) is 3.47. The van der Waals surface area contributed by atoms with Crippen molar-refractivity contribution < 1.29 is 14.3 Å². The molecule has 142 valence electrons. The first kappa shape index (κ1) is 17.9. The lowest BCUT2D eigenvalue weighted by molar-refractivity contribution is -0.181. The number of carbonyl (C=O) groups is 1. The van der Waals surface area contributed by atoms with E-state index in [1.165, 1.54) is 11.8 Å². The highest BCUT2D eigenvalue weighted by Gasteiger charge is 2.41. The van der Waals surface area contributed by atoms with Gasteiger partial charge in [-0.2, -0.15) is 0 Å². The Bertz CT molecular complexity index is 776. The highest BCUT2D eigenvalue weighted by atomic mass is 16.7. The summed E-state index contributed by atoms with van der Waals surface area (Å²) >= 11 is 0. The van der Waals surface area contributed by atoms with Crippen LogP contribution >= 0.6 is 0 Å². The zero-order chi connectivity index (χ0) is 18.7. The van der Waals surface area contributed by atoms with Gasteiger partial charge in [0.2, 0.25) is 0 Å². The summed E-state index contributed by atoms with van der Waals surface area (Å²) in [6.07, 6.45) is 5.51. The Morgan fingerprint density at radius 1 is 1.11 bits per heavy atom. The second kappa shape index (κ2) is 7.62. The molecule has 0 atom stereocenters. The van der Waals surface area contributed by atoms with Crippen LogP contribution < -0.4 is 5.32 Å². The molecule has 0 aliphatic carbocycles. The molecule has 3 heterocycles. The van der Waals surface area contributed by atoms with Crippen molar-refractivity contribution in [2.45, 2.75) is 32.0 Å². The van der Waals surface area contributed by atoms with Crippen LogP contribution in [-0.4, -0.2) is 52.9 Å². The van der Waals surface area contributed by atoms with Gasteiger partial charge in [-0.3, -0.25) is 4.79 Å². The quantitative estimate of drug-likeness (QED) is 0.894. The van der Waals surface area contributed by atoms with Gasteiger partial charge in [-0.25, -0.2) is 9.97 Å². The van der Waals surface area contributed by atoms with Gasteiger partial charge in [0.25, 0.3) is 5.91 Å². The standard InChI is InChI=1S/C20H24N4O3/c1-2-15-3-5-16(6-4-15)23-18-14-21-17(13-22-18)19(25)24-9-7-20(8-10-24)26-11-12-27-20/h3-6,13-14H,2,7-12H2,1H3,(H,22,23). The molecule has 2 aromatic rings. The SMILES string of the molecule is CCc1ccc(Nc2cnc(C(=O)N3CCC4(CC3)OCCO4)cn2)cc1. The van der Waals surface area contributed by atoms with E-state index in [-0.39, 0.29) is 5.91 Å². The number of aromatic nitrogens is 2. The van der Waals surface area contributed by atoms with E-state index < -0.39 is 5.79 Å². The van der Waals surface area contributed by atoms with Crippen LogP contribution in [0.25, 0.3) is 0 Å². The number of likely N-dealkylation sites (tertiary alicyclic amines) is 1. The molecular weight excluding hydrogens is 344 g/mol. The lowest BCUT2D eigenvalue weighted by Gasteiger charge is -2.37. The Hall–Kier alpha value is -2.51. The zero-order valence-electron chi connectivity index (χ0n) is 15.5. The number of nitrogens with one attached hydrogen (secondary N) is 1. The van der Waals surface area contributed by atoms with Gasteiger partial charge in [-0.1, -0.05) is 19.1 Å². The Balaban J connectivity index is 1.36. The molecule has 1 aromatic heterocycles. The predicted octanol–water partition coefficient (Wildman–Crippen LogP) is 2.76. The minimum Gasteiger partial charge on any atom is -0.347 e. The first-order chi connectivity index (χ1) is 13.2. The molecule has 2 fully saturated rings. The third-order valence-electron chi connectivity index (χ3n) is 5.13. The number of benzene rings is 1. The van der Waals surface area contributed by atoms with Gasteiger partial charge in [-0.15, -0.1) is 0 Å². The number of anilines is 2. The first-order valence-corrected chi connectivity index (χ1v) is 9.43. The van der Waals surface area contributed by atoms with E-state index in [1.54, 1.807) is 11.1 Å². The molecule has 4 rings (SSSR count). The van der Waals surface area contributed by atoms with Gasteiger partial charge in [0, 0.05) is 31.6 Å². The van der Waals surface area contributed by atoms with Crippen LogP contribution in [0.4, 0.5) is 11.5 Å². The van der Waals surface area contributed by atoms with Crippen molar-refractivity contribution in [3.8, 4) is 0 Å². The smallest absolute Gasteiger partial charge is 0.274 e. The van der Waals surface area contributed by atoms with Crippen molar-refractivity contribution >= 4 is 17.4 Å². The number of aryl methyl sites for hydroxylation is 1. The van der Waals surface area contributed by atoms with Gasteiger partial charge in [0.1, 0.15) is 11.5 Å². The molecule has 0 unspecified atom stereocenters. The minimum absolute atomic E-state index is 0.103. The van der Waals surface area contributed by atoms with Crippen LogP contribution in [0.3, 0.4) is 0 Å². The third kappa shape index (κ3) is 3.94. The average molecular weight is 368 g/mol. The Morgan fingerprint density at radius 2 is 1.81 bits per heavy atom. The third-order valence-corrected chi connectivity index (χ3v) is 5.13. The monoisotopic (exact) mass is 368 g/mol. The van der Waals surface area contributed by atoms with Gasteiger partial charge in [0.05, 0.1) is 25.6 Å². The van der Waals surface area contributed by atoms with Crippen LogP contribution in [0, 0.1) is 0 Å². The largest absolute Gasteiger partial charge is 0.347 e. The van der Waals surface area contributed by atoms with Crippen LogP contribution in [0.5, 0.6) is 0 Å². The van der Waals surface area contributed by atoms with E-state index in [4.69, 9.17) is 9.47 Å². The summed E-state index contributed by atoms with van der Waals surface area (Å²) in [4.78, 5) is 23.1. The number of ether oxygens (including phenoxy) is 2. The number of piperidine rings is 1. The summed E-state index contributed by atoms with van der Waals surface area (Å²) in [5.41, 5.74) is 2.58. The van der Waals surface area contributed by atoms with Crippen molar-refractivity contribution in [3.05, 3.63) is 47.9 Å². The number of amides is 1. The van der Waals surface area contributed by atoms with Crippen molar-refractivity contribution in [1.82, 2.24) is 14.9 Å². The highest BCUT2D eigenvalue weighted by molar-refractivity contribution is 5.92. The lowest BCUT2D eigenvalue weighted by Crippen LogP contribution is -2.47. The van der Waals surface area contributed by atoms with Crippen molar-refractivity contribution in [3.63, 3.8) is 0 Å². The van der Waals surface area contributed by atoms with Gasteiger partial charge in [-0.05, 0) is 24.1 Å². The topological polar surface area (TPSA) is 76.6 Å². The highest BCUT2D eigenvalue weighted by Crippen LogP contribution is 2.31. The van der Waals surface area contributed by atoms with Crippen molar-refractivity contribution in [2.75, 3.05) is 31.6 Å². The molecule has 0 radical (unpaired) electrons. The number of hydrogen-bond donors (Lipinski definition) is 1. The Kier molecular flexibility index (Phi) is 5.05. The van der Waals surface area contributed by atoms with Crippen LogP contribution in [0.1, 0.15) is 35.8 Å². The van der Waals surface area contributed by atoms with Crippen molar-refractivity contribution in [1.29, 1.82) is 0 Å². The maximum absolute atomic E-state index is 12.7. The van der Waals surface area contributed by atoms with E-state index in [0.717, 1.165) is 12.1 Å². The summed E-state index contributed by atoms with van der Waals surface area (Å²) in [6, 6.07) is 8.18. The normalized spacial score (nSPS) is 18.6. The molecule has 1 spiro atoms. The average Bonchev–Trinajstić information content (AvgIpc) is 3.17. The Labute approximate surface area is 158 Å². The van der Waals surface area contributed by atoms with Crippen LogP contribution in [0.15, 0.2) is 36.7 Å². The second-order valence-corrected chi connectivity index (χ2v) is 6.86. The predicted molar refractivity (Wildman–Crippen MR) is 101 cm³/mol. The Morgan fingerprint density at radius 3 is 2.41 bits per heavy atom. The fraction of sp³-hybridized carbons (Fsp3) is 0.450. The molecule has 2 saturated heterocycles. The molecule has 27 heavy (non-hydrogen) atoms. The van der Waals surface area contributed by atoms with Gasteiger partial charge >= 0.3 is 0 Å². The summed E-state index contributed by atoms with van der Waals surface area (Å²) in [5.74, 6) is 0.0270. The van der Waals surface area contributed by atoms with E-state index in [9.17, 15) is 4.79 Å². The zero-order valence-corrected chi connectivity index (χ0v) is 15.5. The fourth-order valence-corrected chi connectivity index (χ4v) is 3.47. The molecule has 2 aliphatic heterocycles. The van der Waals surface area contributed by atoms with Crippen LogP contribution in [0.2, 0.25) is 0 Å². The first-order valence-electron chi connectivity index (χ1n) is 9.43. The minimum atomic E-state index is -0.483. The maximum Gasteiger partial charge on any atom is 0.274 e. The molecule has 1 N–H and O–H groups in total. The number of nitrogens with zero attached hydrogens (tertiary/aromatic N) is 3. The summed E-state index contributed by atoms with van der Waals surface area (Å²) in [7, 11) is 0. The van der Waals surface area contributed by atoms with Gasteiger partial charge < -0.3 is 19.7 Å². The van der Waals surface area contributed by atoms with E-state index in [0.29, 0.717) is 50.7 Å². The molecule has 1 aromatic carbocycles. The number of carbonyl (C=O) groups excluding carboxylic acids is 1. The molecule has 2 aliphatic rings. The molecule has 7 nitrogen and oxygen atoms in total. The summed E-state index contributed by atoms with van der Waals surface area (Å²) in [5, 5.41) is 3.20. The number of hydrogen-bond acceptors (Lipinski definition) is 6. The molecule has 1 amide bonds. The van der Waals surface area contributed by atoms with E-state index in [2.05, 4.69) is 34.3 Å². The molecular formula is C20H24N4O3. The second-order valence-electron chi connectivity index (χ2n) is 6.86. The van der Waals surface area contributed by atoms with E-state index in [1.807, 2.05) is 12.1 Å². The van der Waals surface area contributed by atoms with Crippen molar-refractivity contribution in [2.24, 2.45) is 0 Å². The molecule has 7 heteroatoms. The maximum atomic E-state index is 12.7. The van der Waals surface area contributed by atoms with Crippen LogP contribution in [-0.2, 0) is 15.9 Å².